The van der Waals surface area contributed by atoms with Crippen LogP contribution in [0.4, 0.5) is 0 Å². The highest BCUT2D eigenvalue weighted by Crippen LogP contribution is 2.14. The van der Waals surface area contributed by atoms with Crippen LogP contribution in [0.5, 0.6) is 5.75 Å². The van der Waals surface area contributed by atoms with Gasteiger partial charge in [-0.05, 0) is 50.1 Å². The average molecular weight is 292 g/mol. The third-order valence-corrected chi connectivity index (χ3v) is 3.41. The summed E-state index contributed by atoms with van der Waals surface area (Å²) in [5.74, 6) is 0.883. The first-order chi connectivity index (χ1) is 10.2. The average Bonchev–Trinajstić information content (AvgIpc) is 2.51. The second-order valence-corrected chi connectivity index (χ2v) is 5.30. The minimum Gasteiger partial charge on any atom is -0.494 e. The molecule has 0 atom stereocenters. The topological polar surface area (TPSA) is 55.6 Å². The normalized spacial score (nSPS) is 10.4. The molecule has 4 heteroatoms. The first kappa shape index (κ1) is 17.5. The zero-order valence-electron chi connectivity index (χ0n) is 13.3. The maximum absolute atomic E-state index is 12.2. The molecule has 1 rings (SSSR count). The Bertz CT molecular complexity index is 404. The van der Waals surface area contributed by atoms with E-state index in [9.17, 15) is 4.79 Å². The number of amides is 1. The Balaban J connectivity index is 2.42. The number of unbranched alkanes of at least 4 members (excludes halogenated alkanes) is 3. The fourth-order valence-corrected chi connectivity index (χ4v) is 2.02. The van der Waals surface area contributed by atoms with Crippen LogP contribution in [0.3, 0.4) is 0 Å². The number of rotatable bonds is 10. The molecule has 0 radical (unpaired) electrons. The van der Waals surface area contributed by atoms with Crippen molar-refractivity contribution >= 4 is 5.91 Å². The Morgan fingerprint density at radius 3 is 2.48 bits per heavy atom. The van der Waals surface area contributed by atoms with Gasteiger partial charge in [0.15, 0.2) is 0 Å². The van der Waals surface area contributed by atoms with Crippen LogP contribution in [0.15, 0.2) is 24.3 Å². The molecule has 1 amide bonds. The summed E-state index contributed by atoms with van der Waals surface area (Å²) in [6.07, 6.45) is 5.25. The fourth-order valence-electron chi connectivity index (χ4n) is 2.02. The standard InChI is InChI=1S/C17H28N2O2/c1-3-4-14-21-16-10-8-15(9-11-16)17(20)19(2)13-7-5-6-12-18/h8-11H,3-7,12-14,18H2,1-2H3. The number of benzene rings is 1. The van der Waals surface area contributed by atoms with E-state index in [0.29, 0.717) is 5.56 Å². The van der Waals surface area contributed by atoms with E-state index in [2.05, 4.69) is 6.92 Å². The summed E-state index contributed by atoms with van der Waals surface area (Å²) in [5, 5.41) is 0. The largest absolute Gasteiger partial charge is 0.494 e. The Hall–Kier alpha value is -1.55. The molecular weight excluding hydrogens is 264 g/mol. The van der Waals surface area contributed by atoms with E-state index in [1.54, 1.807) is 4.90 Å². The van der Waals surface area contributed by atoms with Gasteiger partial charge in [-0.3, -0.25) is 4.79 Å². The molecule has 1 aromatic carbocycles. The van der Waals surface area contributed by atoms with Crippen LogP contribution in [-0.2, 0) is 0 Å². The van der Waals surface area contributed by atoms with Gasteiger partial charge in [0.05, 0.1) is 6.61 Å². The lowest BCUT2D eigenvalue weighted by Crippen LogP contribution is -2.27. The lowest BCUT2D eigenvalue weighted by atomic mass is 10.1. The van der Waals surface area contributed by atoms with Crippen molar-refractivity contribution in [2.24, 2.45) is 5.73 Å². The maximum atomic E-state index is 12.2. The molecule has 0 spiro atoms. The number of carbonyl (C=O) groups excluding carboxylic acids is 1. The molecule has 0 fully saturated rings. The monoisotopic (exact) mass is 292 g/mol. The minimum atomic E-state index is 0.0582. The highest BCUT2D eigenvalue weighted by Gasteiger charge is 2.11. The first-order valence-corrected chi connectivity index (χ1v) is 7.87. The van der Waals surface area contributed by atoms with Crippen LogP contribution in [-0.4, -0.2) is 37.6 Å². The lowest BCUT2D eigenvalue weighted by Gasteiger charge is -2.17. The van der Waals surface area contributed by atoms with E-state index in [0.717, 1.165) is 57.6 Å². The maximum Gasteiger partial charge on any atom is 0.253 e. The first-order valence-electron chi connectivity index (χ1n) is 7.87. The number of carbonyl (C=O) groups is 1. The zero-order valence-corrected chi connectivity index (χ0v) is 13.3. The third kappa shape index (κ3) is 6.63. The number of hydrogen-bond acceptors (Lipinski definition) is 3. The third-order valence-electron chi connectivity index (χ3n) is 3.41. The van der Waals surface area contributed by atoms with Crippen molar-refractivity contribution in [1.82, 2.24) is 4.90 Å². The number of nitrogens with zero attached hydrogens (tertiary/aromatic N) is 1. The van der Waals surface area contributed by atoms with Gasteiger partial charge in [0, 0.05) is 19.2 Å². The molecule has 0 saturated heterocycles. The minimum absolute atomic E-state index is 0.0582. The van der Waals surface area contributed by atoms with Crippen molar-refractivity contribution in [3.8, 4) is 5.75 Å². The summed E-state index contributed by atoms with van der Waals surface area (Å²) in [7, 11) is 1.84. The van der Waals surface area contributed by atoms with Gasteiger partial charge in [-0.25, -0.2) is 0 Å². The summed E-state index contributed by atoms with van der Waals surface area (Å²) in [4.78, 5) is 14.0. The van der Waals surface area contributed by atoms with Gasteiger partial charge in [-0.1, -0.05) is 19.8 Å². The van der Waals surface area contributed by atoms with Gasteiger partial charge in [0.2, 0.25) is 0 Å². The predicted molar refractivity (Wildman–Crippen MR) is 86.7 cm³/mol. The molecule has 0 aliphatic heterocycles. The molecular formula is C17H28N2O2. The van der Waals surface area contributed by atoms with E-state index in [-0.39, 0.29) is 5.91 Å². The summed E-state index contributed by atoms with van der Waals surface area (Å²) in [6.45, 7) is 4.35. The van der Waals surface area contributed by atoms with Crippen LogP contribution >= 0.6 is 0 Å². The molecule has 118 valence electrons. The van der Waals surface area contributed by atoms with E-state index >= 15 is 0 Å². The van der Waals surface area contributed by atoms with Crippen molar-refractivity contribution in [1.29, 1.82) is 0 Å². The Morgan fingerprint density at radius 2 is 1.86 bits per heavy atom. The molecule has 21 heavy (non-hydrogen) atoms. The quantitative estimate of drug-likeness (QED) is 0.674. The van der Waals surface area contributed by atoms with Crippen LogP contribution in [0.25, 0.3) is 0 Å². The van der Waals surface area contributed by atoms with Gasteiger partial charge in [0.25, 0.3) is 5.91 Å². The van der Waals surface area contributed by atoms with E-state index in [1.165, 1.54) is 0 Å². The highest BCUT2D eigenvalue weighted by molar-refractivity contribution is 5.94. The van der Waals surface area contributed by atoms with E-state index < -0.39 is 0 Å². The Kier molecular flexibility index (Phi) is 8.51. The summed E-state index contributed by atoms with van der Waals surface area (Å²) < 4.78 is 5.60. The molecule has 0 aliphatic rings. The smallest absolute Gasteiger partial charge is 0.253 e. The van der Waals surface area contributed by atoms with Crippen LogP contribution in [0, 0.1) is 0 Å². The van der Waals surface area contributed by atoms with Gasteiger partial charge >= 0.3 is 0 Å². The van der Waals surface area contributed by atoms with Crippen molar-refractivity contribution in [3.05, 3.63) is 29.8 Å². The SMILES string of the molecule is CCCCOc1ccc(C(=O)N(C)CCCCCN)cc1. The van der Waals surface area contributed by atoms with Crippen molar-refractivity contribution < 1.29 is 9.53 Å². The van der Waals surface area contributed by atoms with Crippen LogP contribution in [0.2, 0.25) is 0 Å². The van der Waals surface area contributed by atoms with E-state index in [4.69, 9.17) is 10.5 Å². The molecule has 0 saturated carbocycles. The number of ether oxygens (including phenoxy) is 1. The number of nitrogens with two attached hydrogens (primary N) is 1. The molecule has 1 aromatic rings. The fraction of sp³-hybridized carbons (Fsp3) is 0.588. The lowest BCUT2D eigenvalue weighted by molar-refractivity contribution is 0.0792. The zero-order chi connectivity index (χ0) is 15.5. The molecule has 2 N–H and O–H groups in total. The summed E-state index contributed by atoms with van der Waals surface area (Å²) in [6, 6.07) is 7.40. The van der Waals surface area contributed by atoms with Gasteiger partial charge in [0.1, 0.15) is 5.75 Å². The van der Waals surface area contributed by atoms with Crippen molar-refractivity contribution in [3.63, 3.8) is 0 Å². The Labute approximate surface area is 128 Å². The molecule has 0 aliphatic carbocycles. The van der Waals surface area contributed by atoms with Gasteiger partial charge < -0.3 is 15.4 Å². The van der Waals surface area contributed by atoms with E-state index in [1.807, 2.05) is 31.3 Å². The molecule has 0 heterocycles. The molecule has 4 nitrogen and oxygen atoms in total. The molecule has 0 bridgehead atoms. The van der Waals surface area contributed by atoms with Crippen LogP contribution < -0.4 is 10.5 Å². The summed E-state index contributed by atoms with van der Waals surface area (Å²) >= 11 is 0. The number of hydrogen-bond donors (Lipinski definition) is 1. The molecule has 0 unspecified atom stereocenters. The summed E-state index contributed by atoms with van der Waals surface area (Å²) in [5.41, 5.74) is 6.17. The second-order valence-electron chi connectivity index (χ2n) is 5.30. The molecule has 0 aromatic heterocycles. The van der Waals surface area contributed by atoms with Crippen molar-refractivity contribution in [2.75, 3.05) is 26.7 Å². The Morgan fingerprint density at radius 1 is 1.14 bits per heavy atom. The van der Waals surface area contributed by atoms with Gasteiger partial charge in [-0.2, -0.15) is 0 Å². The van der Waals surface area contributed by atoms with Crippen molar-refractivity contribution in [2.45, 2.75) is 39.0 Å². The van der Waals surface area contributed by atoms with Gasteiger partial charge in [-0.15, -0.1) is 0 Å². The van der Waals surface area contributed by atoms with Crippen LogP contribution in [0.1, 0.15) is 49.4 Å². The second kappa shape index (κ2) is 10.2. The predicted octanol–water partition coefficient (Wildman–Crippen LogP) is 3.07. The highest BCUT2D eigenvalue weighted by atomic mass is 16.5.